The fraction of sp³-hybridized carbons (Fsp3) is 0.364. The van der Waals surface area contributed by atoms with Crippen LogP contribution in [0.4, 0.5) is 0 Å². The summed E-state index contributed by atoms with van der Waals surface area (Å²) in [7, 11) is 0. The van der Waals surface area contributed by atoms with E-state index in [0.717, 1.165) is 24.8 Å². The predicted octanol–water partition coefficient (Wildman–Crippen LogP) is 1.81. The van der Waals surface area contributed by atoms with E-state index in [1.807, 2.05) is 12.1 Å². The van der Waals surface area contributed by atoms with Crippen LogP contribution in [0.3, 0.4) is 0 Å². The Bertz CT molecular complexity index is 297. The number of carbonyl (C=O) groups is 1. The minimum absolute atomic E-state index is 0. The number of aromatic carboxylic acids is 1. The van der Waals surface area contributed by atoms with Gasteiger partial charge in [0.05, 0.1) is 5.56 Å². The summed E-state index contributed by atoms with van der Waals surface area (Å²) < 4.78 is 0. The van der Waals surface area contributed by atoms with Gasteiger partial charge >= 0.3 is 54.9 Å². The molecule has 3 heteroatoms. The Morgan fingerprint density at radius 3 is 2.57 bits per heavy atom. The van der Waals surface area contributed by atoms with Gasteiger partial charge in [0.15, 0.2) is 0 Å². The van der Waals surface area contributed by atoms with Gasteiger partial charge in [-0.3, -0.25) is 0 Å². The first-order valence-corrected chi connectivity index (χ1v) is 4.57. The zero-order chi connectivity index (χ0) is 9.68. The van der Waals surface area contributed by atoms with Crippen molar-refractivity contribution >= 4 is 54.9 Å². The number of benzene rings is 1. The van der Waals surface area contributed by atoms with Crippen LogP contribution in [-0.4, -0.2) is 60.0 Å². The molecule has 1 aromatic carbocycles. The summed E-state index contributed by atoms with van der Waals surface area (Å²) in [6, 6.07) is 7.20. The van der Waals surface area contributed by atoms with E-state index in [1.165, 1.54) is 0 Å². The van der Waals surface area contributed by atoms with Crippen molar-refractivity contribution in [3.63, 3.8) is 0 Å². The first kappa shape index (κ1) is 14.3. The zero-order valence-corrected chi connectivity index (χ0v) is 7.79. The monoisotopic (exact) mass is 318 g/mol. The van der Waals surface area contributed by atoms with E-state index in [0.29, 0.717) is 5.56 Å². The molecule has 0 amide bonds. The van der Waals surface area contributed by atoms with Crippen molar-refractivity contribution < 1.29 is 9.90 Å². The molecule has 2 nitrogen and oxygen atoms in total. The summed E-state index contributed by atoms with van der Waals surface area (Å²) >= 11 is 0. The first-order chi connectivity index (χ1) is 6.25. The normalized spacial score (nSPS) is 9.21. The molecular weight excluding hydrogens is 301 g/mol. The van der Waals surface area contributed by atoms with Crippen molar-refractivity contribution in [2.75, 3.05) is 0 Å². The molecule has 1 rings (SSSR count). The summed E-state index contributed by atoms with van der Waals surface area (Å²) in [6.07, 6.45) is 3.00. The molecule has 0 fully saturated rings. The van der Waals surface area contributed by atoms with Crippen LogP contribution in [0.25, 0.3) is 0 Å². The third-order valence-corrected chi connectivity index (χ3v) is 2.05. The van der Waals surface area contributed by atoms with Crippen molar-refractivity contribution in [3.05, 3.63) is 35.4 Å². The predicted molar refractivity (Wildman–Crippen MR) is 60.6 cm³/mol. The Hall–Kier alpha value is 0.261. The van der Waals surface area contributed by atoms with Crippen molar-refractivity contribution in [2.45, 2.75) is 26.2 Å². The van der Waals surface area contributed by atoms with Crippen molar-refractivity contribution in [1.29, 1.82) is 0 Å². The van der Waals surface area contributed by atoms with E-state index >= 15 is 0 Å². The molecule has 0 atom stereocenters. The molecule has 0 spiro atoms. The minimum atomic E-state index is -0.827. The third kappa shape index (κ3) is 4.19. The number of aryl methyl sites for hydroxylation is 1. The van der Waals surface area contributed by atoms with Crippen LogP contribution in [0.2, 0.25) is 0 Å². The third-order valence-electron chi connectivity index (χ3n) is 2.05. The molecule has 0 radical (unpaired) electrons. The Morgan fingerprint density at radius 2 is 2.00 bits per heavy atom. The van der Waals surface area contributed by atoms with Gasteiger partial charge in [0, 0.05) is 0 Å². The van der Waals surface area contributed by atoms with E-state index in [2.05, 4.69) is 6.92 Å². The van der Waals surface area contributed by atoms with E-state index in [4.69, 9.17) is 5.11 Å². The summed E-state index contributed by atoms with van der Waals surface area (Å²) in [5, 5.41) is 8.86. The van der Waals surface area contributed by atoms with Gasteiger partial charge in [-0.2, -0.15) is 0 Å². The Balaban J connectivity index is 0.00000169. The van der Waals surface area contributed by atoms with Crippen LogP contribution in [0.15, 0.2) is 24.3 Å². The molecule has 0 saturated carbocycles. The topological polar surface area (TPSA) is 37.3 Å². The van der Waals surface area contributed by atoms with Crippen LogP contribution < -0.4 is 0 Å². The van der Waals surface area contributed by atoms with Gasteiger partial charge in [-0.1, -0.05) is 31.5 Å². The van der Waals surface area contributed by atoms with Gasteiger partial charge in [0.1, 0.15) is 0 Å². The molecule has 0 heterocycles. The SMILES string of the molecule is CCCCc1ccccc1C(=O)O.[BaH2]. The van der Waals surface area contributed by atoms with Crippen LogP contribution in [0, 0.1) is 0 Å². The molecular formula is C11H16BaO2. The van der Waals surface area contributed by atoms with Gasteiger partial charge in [-0.25, -0.2) is 4.79 Å². The number of rotatable bonds is 4. The standard InChI is InChI=1S/C11H14O2.Ba.2H/c1-2-3-6-9-7-4-5-8-10(9)11(12)13;;;/h4-5,7-8H,2-3,6H2,1H3,(H,12,13);;;. The van der Waals surface area contributed by atoms with Crippen LogP contribution in [0.1, 0.15) is 35.7 Å². The number of unbranched alkanes of at least 4 members (excludes halogenated alkanes) is 1. The Morgan fingerprint density at radius 1 is 1.36 bits per heavy atom. The molecule has 14 heavy (non-hydrogen) atoms. The summed E-state index contributed by atoms with van der Waals surface area (Å²) in [5.74, 6) is -0.827. The van der Waals surface area contributed by atoms with E-state index in [1.54, 1.807) is 12.1 Å². The second-order valence-corrected chi connectivity index (χ2v) is 3.07. The summed E-state index contributed by atoms with van der Waals surface area (Å²) in [4.78, 5) is 10.8. The van der Waals surface area contributed by atoms with Crippen LogP contribution >= 0.6 is 0 Å². The quantitative estimate of drug-likeness (QED) is 0.860. The van der Waals surface area contributed by atoms with Crippen molar-refractivity contribution in [1.82, 2.24) is 0 Å². The molecule has 0 unspecified atom stereocenters. The van der Waals surface area contributed by atoms with Crippen molar-refractivity contribution in [3.8, 4) is 0 Å². The fourth-order valence-electron chi connectivity index (χ4n) is 1.31. The number of hydrogen-bond donors (Lipinski definition) is 1. The molecule has 0 bridgehead atoms. The number of hydrogen-bond acceptors (Lipinski definition) is 1. The molecule has 0 aliphatic heterocycles. The van der Waals surface area contributed by atoms with Gasteiger partial charge in [0.25, 0.3) is 0 Å². The maximum atomic E-state index is 10.8. The molecule has 74 valence electrons. The maximum absolute atomic E-state index is 10.8. The van der Waals surface area contributed by atoms with Crippen molar-refractivity contribution in [2.24, 2.45) is 0 Å². The zero-order valence-electron chi connectivity index (χ0n) is 7.79. The van der Waals surface area contributed by atoms with E-state index in [-0.39, 0.29) is 48.9 Å². The van der Waals surface area contributed by atoms with Crippen LogP contribution in [0.5, 0.6) is 0 Å². The molecule has 0 aliphatic rings. The van der Waals surface area contributed by atoms with E-state index < -0.39 is 5.97 Å². The van der Waals surface area contributed by atoms with Crippen LogP contribution in [-0.2, 0) is 6.42 Å². The molecule has 1 aromatic rings. The van der Waals surface area contributed by atoms with Gasteiger partial charge < -0.3 is 5.11 Å². The molecule has 0 aromatic heterocycles. The number of carboxylic acids is 1. The average Bonchev–Trinajstić information content (AvgIpc) is 2.15. The Kier molecular flexibility index (Phi) is 7.68. The van der Waals surface area contributed by atoms with Gasteiger partial charge in [-0.15, -0.1) is 0 Å². The summed E-state index contributed by atoms with van der Waals surface area (Å²) in [6.45, 7) is 2.10. The Labute approximate surface area is 125 Å². The second kappa shape index (κ2) is 7.54. The molecule has 0 saturated heterocycles. The molecule has 0 aliphatic carbocycles. The van der Waals surface area contributed by atoms with Gasteiger partial charge in [0.2, 0.25) is 0 Å². The summed E-state index contributed by atoms with van der Waals surface area (Å²) in [5.41, 5.74) is 1.38. The second-order valence-electron chi connectivity index (χ2n) is 3.07. The van der Waals surface area contributed by atoms with Gasteiger partial charge in [-0.05, 0) is 24.5 Å². The average molecular weight is 318 g/mol. The van der Waals surface area contributed by atoms with E-state index in [9.17, 15) is 4.79 Å². The number of carboxylic acid groups (broad SMARTS) is 1. The molecule has 1 N–H and O–H groups in total. The fourth-order valence-corrected chi connectivity index (χ4v) is 1.31. The first-order valence-electron chi connectivity index (χ1n) is 4.57.